The Morgan fingerprint density at radius 2 is 1.83 bits per heavy atom. The van der Waals surface area contributed by atoms with Crippen LogP contribution in [0.4, 0.5) is 0 Å². The van der Waals surface area contributed by atoms with Gasteiger partial charge in [-0.05, 0) is 37.5 Å². The highest BCUT2D eigenvalue weighted by Gasteiger charge is 2.27. The predicted octanol–water partition coefficient (Wildman–Crippen LogP) is 3.40. The van der Waals surface area contributed by atoms with Crippen molar-refractivity contribution in [3.8, 4) is 0 Å². The van der Waals surface area contributed by atoms with Gasteiger partial charge in [0.05, 0.1) is 12.2 Å². The van der Waals surface area contributed by atoms with Gasteiger partial charge in [-0.25, -0.2) is 0 Å². The first kappa shape index (κ1) is 19.3. The zero-order valence-electron chi connectivity index (χ0n) is 14.5. The van der Waals surface area contributed by atoms with Gasteiger partial charge in [0.25, 0.3) is 0 Å². The molecule has 0 radical (unpaired) electrons. The molecular weight excluding hydrogens is 343 g/mol. The smallest absolute Gasteiger partial charge is 0.0662 e. The van der Waals surface area contributed by atoms with E-state index in [0.29, 0.717) is 12.0 Å². The molecule has 0 saturated carbocycles. The quantitative estimate of drug-likeness (QED) is 0.899. The Kier molecular flexibility index (Phi) is 6.32. The predicted molar refractivity (Wildman–Crippen MR) is 102 cm³/mol. The summed E-state index contributed by atoms with van der Waals surface area (Å²) in [5, 5.41) is 5.50. The summed E-state index contributed by atoms with van der Waals surface area (Å²) in [6, 6.07) is 8.26. The summed E-state index contributed by atoms with van der Waals surface area (Å²) in [5.41, 5.74) is 11.0. The second-order valence-corrected chi connectivity index (χ2v) is 7.21. The van der Waals surface area contributed by atoms with Crippen molar-refractivity contribution in [2.24, 2.45) is 11.7 Å². The molecular formula is C18H26Cl2N4. The van der Waals surface area contributed by atoms with Gasteiger partial charge in [0.2, 0.25) is 0 Å². The Hall–Kier alpha value is -1.07. The van der Waals surface area contributed by atoms with Crippen LogP contribution in [0.3, 0.4) is 0 Å². The van der Waals surface area contributed by atoms with Gasteiger partial charge < -0.3 is 5.73 Å². The lowest BCUT2D eigenvalue weighted by Crippen LogP contribution is -2.28. The van der Waals surface area contributed by atoms with Crippen LogP contribution in [0.15, 0.2) is 24.3 Å². The number of nitrogens with zero attached hydrogens (tertiary/aromatic N) is 3. The number of hydrogen-bond donors (Lipinski definition) is 1. The molecule has 24 heavy (non-hydrogen) atoms. The Morgan fingerprint density at radius 3 is 2.42 bits per heavy atom. The van der Waals surface area contributed by atoms with Crippen molar-refractivity contribution in [3.05, 3.63) is 51.8 Å². The second-order valence-electron chi connectivity index (χ2n) is 6.77. The fraction of sp³-hybridized carbons (Fsp3) is 0.500. The van der Waals surface area contributed by atoms with Gasteiger partial charge in [0, 0.05) is 42.0 Å². The standard InChI is InChI=1S/C18H25ClN4.ClH/c1-12-8-22(11-18(12)20)10-17-13(2)21-23(14(17)3)9-15-4-6-16(19)7-5-15;/h4-7,12,18H,8-11,20H2,1-3H3;1H. The fourth-order valence-corrected chi connectivity index (χ4v) is 3.45. The van der Waals surface area contributed by atoms with Crippen molar-refractivity contribution in [2.45, 2.75) is 39.9 Å². The lowest BCUT2D eigenvalue weighted by Gasteiger charge is -2.15. The molecule has 0 spiro atoms. The summed E-state index contributed by atoms with van der Waals surface area (Å²) in [6.45, 7) is 10.3. The molecule has 1 aromatic carbocycles. The minimum Gasteiger partial charge on any atom is -0.326 e. The molecule has 132 valence electrons. The van der Waals surface area contributed by atoms with E-state index in [9.17, 15) is 0 Å². The van der Waals surface area contributed by atoms with Crippen molar-refractivity contribution in [1.29, 1.82) is 0 Å². The zero-order valence-corrected chi connectivity index (χ0v) is 16.1. The van der Waals surface area contributed by atoms with Crippen molar-refractivity contribution in [2.75, 3.05) is 13.1 Å². The molecule has 0 bridgehead atoms. The zero-order chi connectivity index (χ0) is 16.6. The number of rotatable bonds is 4. The SMILES string of the molecule is Cc1nn(Cc2ccc(Cl)cc2)c(C)c1CN1CC(C)C(N)C1.Cl. The first-order valence-electron chi connectivity index (χ1n) is 8.19. The van der Waals surface area contributed by atoms with E-state index >= 15 is 0 Å². The normalized spacial score (nSPS) is 21.0. The lowest BCUT2D eigenvalue weighted by atomic mass is 10.1. The number of likely N-dealkylation sites (tertiary alicyclic amines) is 1. The Labute approximate surface area is 155 Å². The lowest BCUT2D eigenvalue weighted by molar-refractivity contribution is 0.317. The van der Waals surface area contributed by atoms with Gasteiger partial charge in [0.1, 0.15) is 0 Å². The highest BCUT2D eigenvalue weighted by molar-refractivity contribution is 6.30. The highest BCUT2D eigenvalue weighted by Crippen LogP contribution is 2.22. The molecule has 6 heteroatoms. The summed E-state index contributed by atoms with van der Waals surface area (Å²) in [6.07, 6.45) is 0. The molecule has 4 nitrogen and oxygen atoms in total. The van der Waals surface area contributed by atoms with E-state index in [0.717, 1.165) is 36.9 Å². The number of aryl methyl sites for hydroxylation is 1. The molecule has 1 saturated heterocycles. The summed E-state index contributed by atoms with van der Waals surface area (Å²) >= 11 is 5.96. The summed E-state index contributed by atoms with van der Waals surface area (Å²) in [4.78, 5) is 2.44. The minimum absolute atomic E-state index is 0. The van der Waals surface area contributed by atoms with Crippen LogP contribution in [-0.2, 0) is 13.1 Å². The molecule has 2 atom stereocenters. The van der Waals surface area contributed by atoms with Crippen LogP contribution in [0.5, 0.6) is 0 Å². The third kappa shape index (κ3) is 4.12. The molecule has 1 aliphatic rings. The third-order valence-corrected chi connectivity index (χ3v) is 5.16. The van der Waals surface area contributed by atoms with E-state index in [-0.39, 0.29) is 12.4 Å². The van der Waals surface area contributed by atoms with Gasteiger partial charge in [-0.2, -0.15) is 5.10 Å². The van der Waals surface area contributed by atoms with Gasteiger partial charge >= 0.3 is 0 Å². The molecule has 2 unspecified atom stereocenters. The largest absolute Gasteiger partial charge is 0.326 e. The Balaban J connectivity index is 0.00000208. The average molecular weight is 369 g/mol. The number of aromatic nitrogens is 2. The topological polar surface area (TPSA) is 47.1 Å². The maximum absolute atomic E-state index is 6.14. The molecule has 1 aromatic heterocycles. The average Bonchev–Trinajstić information content (AvgIpc) is 2.96. The van der Waals surface area contributed by atoms with Gasteiger partial charge in [-0.15, -0.1) is 12.4 Å². The molecule has 2 N–H and O–H groups in total. The Morgan fingerprint density at radius 1 is 1.17 bits per heavy atom. The summed E-state index contributed by atoms with van der Waals surface area (Å²) in [5.74, 6) is 0.569. The number of nitrogens with two attached hydrogens (primary N) is 1. The molecule has 2 aromatic rings. The second kappa shape index (κ2) is 7.87. The van der Waals surface area contributed by atoms with E-state index in [1.54, 1.807) is 0 Å². The highest BCUT2D eigenvalue weighted by atomic mass is 35.5. The van der Waals surface area contributed by atoms with Crippen LogP contribution in [0.2, 0.25) is 5.02 Å². The van der Waals surface area contributed by atoms with Crippen LogP contribution in [0.25, 0.3) is 0 Å². The van der Waals surface area contributed by atoms with Crippen molar-refractivity contribution >= 4 is 24.0 Å². The number of benzene rings is 1. The van der Waals surface area contributed by atoms with E-state index in [2.05, 4.69) is 42.5 Å². The number of halogens is 2. The third-order valence-electron chi connectivity index (χ3n) is 4.90. The van der Waals surface area contributed by atoms with Crippen LogP contribution in [-0.4, -0.2) is 33.8 Å². The minimum atomic E-state index is 0. The van der Waals surface area contributed by atoms with Crippen LogP contribution < -0.4 is 5.73 Å². The van der Waals surface area contributed by atoms with Crippen LogP contribution in [0.1, 0.15) is 29.4 Å². The molecule has 3 rings (SSSR count). The fourth-order valence-electron chi connectivity index (χ4n) is 3.33. The van der Waals surface area contributed by atoms with Gasteiger partial charge in [-0.3, -0.25) is 9.58 Å². The monoisotopic (exact) mass is 368 g/mol. The van der Waals surface area contributed by atoms with E-state index in [1.165, 1.54) is 16.8 Å². The van der Waals surface area contributed by atoms with E-state index in [1.807, 2.05) is 12.1 Å². The molecule has 1 fully saturated rings. The van der Waals surface area contributed by atoms with Gasteiger partial charge in [-0.1, -0.05) is 30.7 Å². The van der Waals surface area contributed by atoms with Gasteiger partial charge in [0.15, 0.2) is 0 Å². The van der Waals surface area contributed by atoms with Crippen molar-refractivity contribution < 1.29 is 0 Å². The first-order valence-corrected chi connectivity index (χ1v) is 8.57. The number of hydrogen-bond acceptors (Lipinski definition) is 3. The first-order chi connectivity index (χ1) is 10.9. The van der Waals surface area contributed by atoms with Crippen LogP contribution >= 0.6 is 24.0 Å². The van der Waals surface area contributed by atoms with E-state index in [4.69, 9.17) is 22.4 Å². The molecule has 0 aliphatic carbocycles. The molecule has 1 aliphatic heterocycles. The molecule has 2 heterocycles. The van der Waals surface area contributed by atoms with Crippen molar-refractivity contribution in [3.63, 3.8) is 0 Å². The molecule has 0 amide bonds. The van der Waals surface area contributed by atoms with Crippen LogP contribution in [0, 0.1) is 19.8 Å². The van der Waals surface area contributed by atoms with E-state index < -0.39 is 0 Å². The maximum atomic E-state index is 6.14. The summed E-state index contributed by atoms with van der Waals surface area (Å²) in [7, 11) is 0. The summed E-state index contributed by atoms with van der Waals surface area (Å²) < 4.78 is 2.09. The maximum Gasteiger partial charge on any atom is 0.0662 e. The Bertz CT molecular complexity index is 671. The van der Waals surface area contributed by atoms with Crippen molar-refractivity contribution in [1.82, 2.24) is 14.7 Å².